The van der Waals surface area contributed by atoms with Crippen molar-refractivity contribution in [1.29, 1.82) is 0 Å². The highest BCUT2D eigenvalue weighted by molar-refractivity contribution is 5.87. The van der Waals surface area contributed by atoms with E-state index in [1.165, 1.54) is 13.3 Å². The van der Waals surface area contributed by atoms with Crippen molar-refractivity contribution in [3.8, 4) is 0 Å². The topological polar surface area (TPSA) is 89.6 Å². The summed E-state index contributed by atoms with van der Waals surface area (Å²) in [6.45, 7) is 3.56. The molecule has 0 amide bonds. The number of alkyl halides is 3. The molecular formula is C14H13F3N6O. The molecule has 3 aromatic rings. The van der Waals surface area contributed by atoms with Crippen molar-refractivity contribution in [1.82, 2.24) is 25.1 Å². The number of nitrogens with one attached hydrogen (secondary N) is 1. The summed E-state index contributed by atoms with van der Waals surface area (Å²) in [4.78, 5) is 15.7. The molecule has 0 spiro atoms. The van der Waals surface area contributed by atoms with E-state index >= 15 is 0 Å². The number of aromatic nitrogens is 5. The van der Waals surface area contributed by atoms with E-state index in [9.17, 15) is 13.2 Å². The van der Waals surface area contributed by atoms with Gasteiger partial charge in [-0.1, -0.05) is 5.16 Å². The highest BCUT2D eigenvalue weighted by atomic mass is 19.4. The molecule has 3 rings (SSSR count). The van der Waals surface area contributed by atoms with Crippen LogP contribution in [0.25, 0.3) is 11.1 Å². The van der Waals surface area contributed by atoms with E-state index in [0.29, 0.717) is 29.2 Å². The minimum absolute atomic E-state index is 0.113. The second kappa shape index (κ2) is 6.02. The summed E-state index contributed by atoms with van der Waals surface area (Å²) in [6, 6.07) is 0.922. The second-order valence-corrected chi connectivity index (χ2v) is 5.16. The number of rotatable bonds is 4. The Morgan fingerprint density at radius 1 is 1.17 bits per heavy atom. The van der Waals surface area contributed by atoms with Gasteiger partial charge in [0.2, 0.25) is 0 Å². The van der Waals surface area contributed by atoms with Crippen LogP contribution in [0.4, 0.5) is 19.0 Å². The highest BCUT2D eigenvalue weighted by Crippen LogP contribution is 2.28. The van der Waals surface area contributed by atoms with E-state index in [-0.39, 0.29) is 17.9 Å². The van der Waals surface area contributed by atoms with Gasteiger partial charge in [-0.3, -0.25) is 0 Å². The molecule has 10 heteroatoms. The van der Waals surface area contributed by atoms with Crippen molar-refractivity contribution < 1.29 is 17.7 Å². The van der Waals surface area contributed by atoms with Crippen LogP contribution in [-0.2, 0) is 12.6 Å². The van der Waals surface area contributed by atoms with Gasteiger partial charge in [-0.15, -0.1) is 0 Å². The van der Waals surface area contributed by atoms with Gasteiger partial charge in [0, 0.05) is 18.7 Å². The Balaban J connectivity index is 1.75. The number of halogens is 3. The second-order valence-electron chi connectivity index (χ2n) is 5.16. The van der Waals surface area contributed by atoms with Crippen LogP contribution in [0.15, 0.2) is 16.9 Å². The number of anilines is 1. The molecule has 0 aliphatic carbocycles. The van der Waals surface area contributed by atoms with Gasteiger partial charge < -0.3 is 9.84 Å². The first-order valence-electron chi connectivity index (χ1n) is 7.07. The van der Waals surface area contributed by atoms with Crippen LogP contribution >= 0.6 is 0 Å². The van der Waals surface area contributed by atoms with E-state index < -0.39 is 11.9 Å². The molecule has 0 bridgehead atoms. The molecule has 7 nitrogen and oxygen atoms in total. The minimum atomic E-state index is -4.49. The predicted molar refractivity (Wildman–Crippen MR) is 78.3 cm³/mol. The smallest absolute Gasteiger partial charge is 0.369 e. The first-order valence-corrected chi connectivity index (χ1v) is 7.07. The molecule has 24 heavy (non-hydrogen) atoms. The lowest BCUT2D eigenvalue weighted by Gasteiger charge is -2.09. The zero-order chi connectivity index (χ0) is 17.3. The molecule has 0 fully saturated rings. The maximum Gasteiger partial charge on any atom is 0.433 e. The molecule has 0 aromatic carbocycles. The van der Waals surface area contributed by atoms with Crippen molar-refractivity contribution in [3.05, 3.63) is 35.3 Å². The molecule has 0 unspecified atom stereocenters. The molecule has 3 aromatic heterocycles. The molecule has 0 saturated heterocycles. The summed E-state index contributed by atoms with van der Waals surface area (Å²) < 4.78 is 43.4. The highest BCUT2D eigenvalue weighted by Gasteiger charge is 2.33. The lowest BCUT2D eigenvalue weighted by atomic mass is 10.3. The molecule has 0 aliphatic rings. The zero-order valence-electron chi connectivity index (χ0n) is 12.8. The maximum absolute atomic E-state index is 12.8. The van der Waals surface area contributed by atoms with Crippen LogP contribution in [0.2, 0.25) is 0 Å². The van der Waals surface area contributed by atoms with E-state index in [1.807, 2.05) is 0 Å². The minimum Gasteiger partial charge on any atom is -0.369 e. The first kappa shape index (κ1) is 16.1. The van der Waals surface area contributed by atoms with Gasteiger partial charge in [0.15, 0.2) is 0 Å². The zero-order valence-corrected chi connectivity index (χ0v) is 12.8. The third-order valence-electron chi connectivity index (χ3n) is 3.28. The van der Waals surface area contributed by atoms with Crippen molar-refractivity contribution >= 4 is 16.9 Å². The Morgan fingerprint density at radius 2 is 1.96 bits per heavy atom. The molecular weight excluding hydrogens is 325 g/mol. The lowest BCUT2D eigenvalue weighted by molar-refractivity contribution is -0.141. The van der Waals surface area contributed by atoms with Gasteiger partial charge in [-0.25, -0.2) is 15.0 Å². The Morgan fingerprint density at radius 3 is 2.71 bits per heavy atom. The number of aryl methyl sites for hydroxylation is 2. The van der Waals surface area contributed by atoms with E-state index in [4.69, 9.17) is 4.52 Å². The van der Waals surface area contributed by atoms with Gasteiger partial charge >= 0.3 is 6.18 Å². The fraction of sp³-hybridized carbons (Fsp3) is 0.357. The Bertz CT molecular complexity index is 877. The van der Waals surface area contributed by atoms with Gasteiger partial charge in [0.1, 0.15) is 29.0 Å². The summed E-state index contributed by atoms with van der Waals surface area (Å²) in [5.74, 6) is 0.615. The first-order chi connectivity index (χ1) is 11.3. The van der Waals surface area contributed by atoms with Crippen molar-refractivity contribution in [2.24, 2.45) is 0 Å². The largest absolute Gasteiger partial charge is 0.433 e. The van der Waals surface area contributed by atoms with E-state index in [0.717, 1.165) is 6.07 Å². The van der Waals surface area contributed by atoms with Crippen molar-refractivity contribution in [3.63, 3.8) is 0 Å². The number of hydrogen-bond donors (Lipinski definition) is 1. The molecule has 126 valence electrons. The van der Waals surface area contributed by atoms with Crippen LogP contribution in [0.5, 0.6) is 0 Å². The normalized spacial score (nSPS) is 11.9. The molecule has 0 aliphatic heterocycles. The van der Waals surface area contributed by atoms with E-state index in [2.05, 4.69) is 30.4 Å². The van der Waals surface area contributed by atoms with Crippen LogP contribution < -0.4 is 5.32 Å². The third kappa shape index (κ3) is 3.26. The average Bonchev–Trinajstić information content (AvgIpc) is 2.88. The van der Waals surface area contributed by atoms with Gasteiger partial charge in [-0.2, -0.15) is 18.2 Å². The summed E-state index contributed by atoms with van der Waals surface area (Å²) in [5, 5.41) is 7.47. The summed E-state index contributed by atoms with van der Waals surface area (Å²) >= 11 is 0. The standard InChI is InChI=1S/C14H13F3N6O/c1-7-5-9(14(15,16)17)22-10(21-7)3-4-18-12-11-8(2)23-24-13(11)20-6-19-12/h5-6H,3-4H2,1-2H3,(H,18,19,20). The summed E-state index contributed by atoms with van der Waals surface area (Å²) in [5.41, 5.74) is 0.298. The Hall–Kier alpha value is -2.78. The fourth-order valence-electron chi connectivity index (χ4n) is 2.24. The number of nitrogens with zero attached hydrogens (tertiary/aromatic N) is 5. The lowest BCUT2D eigenvalue weighted by Crippen LogP contribution is -2.14. The molecule has 0 saturated carbocycles. The van der Waals surface area contributed by atoms with Gasteiger partial charge in [0.25, 0.3) is 5.71 Å². The molecule has 3 heterocycles. The van der Waals surface area contributed by atoms with E-state index in [1.54, 1.807) is 6.92 Å². The number of hydrogen-bond acceptors (Lipinski definition) is 7. The predicted octanol–water partition coefficient (Wildman–Crippen LogP) is 2.70. The Labute approximate surface area is 134 Å². The fourth-order valence-corrected chi connectivity index (χ4v) is 2.24. The average molecular weight is 338 g/mol. The van der Waals surface area contributed by atoms with Crippen LogP contribution in [-0.4, -0.2) is 31.6 Å². The van der Waals surface area contributed by atoms with Crippen molar-refractivity contribution in [2.75, 3.05) is 11.9 Å². The maximum atomic E-state index is 12.8. The van der Waals surface area contributed by atoms with Crippen LogP contribution in [0.1, 0.15) is 22.9 Å². The van der Waals surface area contributed by atoms with Gasteiger partial charge in [-0.05, 0) is 19.9 Å². The van der Waals surface area contributed by atoms with Crippen LogP contribution in [0.3, 0.4) is 0 Å². The quantitative estimate of drug-likeness (QED) is 0.782. The monoisotopic (exact) mass is 338 g/mol. The molecule has 0 radical (unpaired) electrons. The van der Waals surface area contributed by atoms with Crippen molar-refractivity contribution in [2.45, 2.75) is 26.4 Å². The third-order valence-corrected chi connectivity index (χ3v) is 3.28. The van der Waals surface area contributed by atoms with Crippen LogP contribution in [0, 0.1) is 13.8 Å². The molecule has 0 atom stereocenters. The Kier molecular flexibility index (Phi) is 4.04. The SMILES string of the molecule is Cc1cc(C(F)(F)F)nc(CCNc2ncnc3onc(C)c23)n1. The number of fused-ring (bicyclic) bond motifs is 1. The van der Waals surface area contributed by atoms with Gasteiger partial charge in [0.05, 0.1) is 5.69 Å². The summed E-state index contributed by atoms with van der Waals surface area (Å²) in [6.07, 6.45) is -2.96. The summed E-state index contributed by atoms with van der Waals surface area (Å²) in [7, 11) is 0. The molecule has 1 N–H and O–H groups in total.